The van der Waals surface area contributed by atoms with Crippen molar-refractivity contribution in [2.45, 2.75) is 6.42 Å². The van der Waals surface area contributed by atoms with Crippen LogP contribution in [-0.4, -0.2) is 29.5 Å². The van der Waals surface area contributed by atoms with Crippen LogP contribution in [0.5, 0.6) is 0 Å². The summed E-state index contributed by atoms with van der Waals surface area (Å²) in [4.78, 5) is 25.4. The number of hydrogen-bond donors (Lipinski definition) is 1. The summed E-state index contributed by atoms with van der Waals surface area (Å²) in [6.07, 6.45) is 2.30. The van der Waals surface area contributed by atoms with Gasteiger partial charge in [-0.3, -0.25) is 10.1 Å². The average Bonchev–Trinajstić information content (AvgIpc) is 2.37. The molecule has 0 saturated carbocycles. The lowest BCUT2D eigenvalue weighted by atomic mass is 10.3. The molecule has 1 N–H and O–H groups in total. The summed E-state index contributed by atoms with van der Waals surface area (Å²) in [6, 6.07) is 2.47. The van der Waals surface area contributed by atoms with Crippen LogP contribution in [0.3, 0.4) is 0 Å². The van der Waals surface area contributed by atoms with Crippen LogP contribution in [0.15, 0.2) is 24.8 Å². The second-order valence-corrected chi connectivity index (χ2v) is 3.32. The SMILES string of the molecule is C=CCCNc1nc(C(=O)OC)ccc1[N+](=O)[O-]. The highest BCUT2D eigenvalue weighted by atomic mass is 16.6. The number of ether oxygens (including phenoxy) is 1. The number of carbonyl (C=O) groups is 1. The number of nitro groups is 1. The first-order chi connectivity index (χ1) is 8.60. The maximum absolute atomic E-state index is 11.3. The summed E-state index contributed by atoms with van der Waals surface area (Å²) >= 11 is 0. The topological polar surface area (TPSA) is 94.4 Å². The van der Waals surface area contributed by atoms with Gasteiger partial charge in [-0.05, 0) is 12.5 Å². The zero-order valence-electron chi connectivity index (χ0n) is 9.88. The van der Waals surface area contributed by atoms with Crippen LogP contribution >= 0.6 is 0 Å². The molecule has 0 aromatic carbocycles. The number of nitrogens with one attached hydrogen (secondary N) is 1. The van der Waals surface area contributed by atoms with E-state index in [4.69, 9.17) is 0 Å². The van der Waals surface area contributed by atoms with Gasteiger partial charge in [-0.2, -0.15) is 0 Å². The average molecular weight is 251 g/mol. The molecule has 0 aliphatic carbocycles. The van der Waals surface area contributed by atoms with Crippen molar-refractivity contribution in [3.8, 4) is 0 Å². The normalized spacial score (nSPS) is 9.61. The smallest absolute Gasteiger partial charge is 0.356 e. The van der Waals surface area contributed by atoms with E-state index in [0.717, 1.165) is 0 Å². The monoisotopic (exact) mass is 251 g/mol. The van der Waals surface area contributed by atoms with Crippen LogP contribution in [0.1, 0.15) is 16.9 Å². The second kappa shape index (κ2) is 6.33. The van der Waals surface area contributed by atoms with E-state index in [2.05, 4.69) is 21.6 Å². The summed E-state index contributed by atoms with van der Waals surface area (Å²) in [5.41, 5.74) is -0.170. The molecule has 0 spiro atoms. The molecule has 1 aromatic heterocycles. The molecule has 1 heterocycles. The molecule has 7 heteroatoms. The first kappa shape index (κ1) is 13.6. The standard InChI is InChI=1S/C11H13N3O4/c1-3-4-7-12-10-9(14(16)17)6-5-8(13-10)11(15)18-2/h3,5-6H,1,4,7H2,2H3,(H,12,13). The first-order valence-corrected chi connectivity index (χ1v) is 5.18. The summed E-state index contributed by atoms with van der Waals surface area (Å²) in [5.74, 6) is -0.596. The summed E-state index contributed by atoms with van der Waals surface area (Å²) < 4.78 is 4.50. The maximum atomic E-state index is 11.3. The Morgan fingerprint density at radius 1 is 1.67 bits per heavy atom. The Balaban J connectivity index is 3.03. The highest BCUT2D eigenvalue weighted by Crippen LogP contribution is 2.22. The Bertz CT molecular complexity index is 473. The van der Waals surface area contributed by atoms with Crippen LogP contribution in [-0.2, 0) is 4.74 Å². The van der Waals surface area contributed by atoms with Gasteiger partial charge in [0.1, 0.15) is 0 Å². The van der Waals surface area contributed by atoms with Gasteiger partial charge in [0.05, 0.1) is 12.0 Å². The molecule has 1 rings (SSSR count). The first-order valence-electron chi connectivity index (χ1n) is 5.18. The number of pyridine rings is 1. The fourth-order valence-electron chi connectivity index (χ4n) is 1.24. The van der Waals surface area contributed by atoms with Gasteiger partial charge in [-0.15, -0.1) is 6.58 Å². The van der Waals surface area contributed by atoms with E-state index < -0.39 is 10.9 Å². The van der Waals surface area contributed by atoms with Crippen LogP contribution in [0, 0.1) is 10.1 Å². The fraction of sp³-hybridized carbons (Fsp3) is 0.273. The summed E-state index contributed by atoms with van der Waals surface area (Å²) in [7, 11) is 1.22. The minimum absolute atomic E-state index is 0.0178. The molecule has 0 bridgehead atoms. The second-order valence-electron chi connectivity index (χ2n) is 3.32. The molecule has 0 atom stereocenters. The van der Waals surface area contributed by atoms with Crippen molar-refractivity contribution in [1.29, 1.82) is 0 Å². The predicted octanol–water partition coefficient (Wildman–Crippen LogP) is 1.76. The Morgan fingerprint density at radius 3 is 2.94 bits per heavy atom. The van der Waals surface area contributed by atoms with Gasteiger partial charge < -0.3 is 10.1 Å². The quantitative estimate of drug-likeness (QED) is 0.272. The van der Waals surface area contributed by atoms with Crippen molar-refractivity contribution in [2.75, 3.05) is 19.0 Å². The summed E-state index contributed by atoms with van der Waals surface area (Å²) in [6.45, 7) is 3.99. The van der Waals surface area contributed by atoms with Gasteiger partial charge in [0.15, 0.2) is 5.69 Å². The maximum Gasteiger partial charge on any atom is 0.356 e. The number of methoxy groups -OCH3 is 1. The third kappa shape index (κ3) is 3.27. The van der Waals surface area contributed by atoms with Gasteiger partial charge in [0.25, 0.3) is 0 Å². The van der Waals surface area contributed by atoms with Crippen LogP contribution < -0.4 is 5.32 Å². The number of aromatic nitrogens is 1. The highest BCUT2D eigenvalue weighted by Gasteiger charge is 2.18. The number of rotatable bonds is 6. The fourth-order valence-corrected chi connectivity index (χ4v) is 1.24. The van der Waals surface area contributed by atoms with E-state index in [9.17, 15) is 14.9 Å². The molecule has 0 amide bonds. The van der Waals surface area contributed by atoms with E-state index in [1.807, 2.05) is 0 Å². The highest BCUT2D eigenvalue weighted by molar-refractivity contribution is 5.88. The van der Waals surface area contributed by atoms with E-state index in [0.29, 0.717) is 13.0 Å². The molecule has 0 saturated heterocycles. The zero-order valence-corrected chi connectivity index (χ0v) is 9.88. The van der Waals surface area contributed by atoms with E-state index in [-0.39, 0.29) is 17.2 Å². The molecule has 0 aliphatic rings. The van der Waals surface area contributed by atoms with Crippen molar-refractivity contribution in [3.63, 3.8) is 0 Å². The van der Waals surface area contributed by atoms with Gasteiger partial charge in [-0.25, -0.2) is 9.78 Å². The van der Waals surface area contributed by atoms with E-state index >= 15 is 0 Å². The Hall–Kier alpha value is -2.44. The van der Waals surface area contributed by atoms with E-state index in [1.54, 1.807) is 6.08 Å². The Kier molecular flexibility index (Phi) is 4.79. The third-order valence-electron chi connectivity index (χ3n) is 2.11. The lowest BCUT2D eigenvalue weighted by Crippen LogP contribution is -2.10. The van der Waals surface area contributed by atoms with Gasteiger partial charge >= 0.3 is 11.7 Å². The lowest BCUT2D eigenvalue weighted by Gasteiger charge is -2.06. The van der Waals surface area contributed by atoms with Gasteiger partial charge in [-0.1, -0.05) is 6.08 Å². The number of esters is 1. The molecule has 18 heavy (non-hydrogen) atoms. The molecule has 96 valence electrons. The lowest BCUT2D eigenvalue weighted by molar-refractivity contribution is -0.384. The van der Waals surface area contributed by atoms with Crippen LogP contribution in [0.2, 0.25) is 0 Å². The third-order valence-corrected chi connectivity index (χ3v) is 2.11. The zero-order chi connectivity index (χ0) is 13.5. The van der Waals surface area contributed by atoms with Crippen molar-refractivity contribution >= 4 is 17.5 Å². The van der Waals surface area contributed by atoms with Gasteiger partial charge in [0.2, 0.25) is 5.82 Å². The number of anilines is 1. The minimum atomic E-state index is -0.642. The number of hydrogen-bond acceptors (Lipinski definition) is 6. The molecule has 1 aromatic rings. The minimum Gasteiger partial charge on any atom is -0.464 e. The molecular weight excluding hydrogens is 238 g/mol. The van der Waals surface area contributed by atoms with Crippen LogP contribution in [0.4, 0.5) is 11.5 Å². The molecule has 0 fully saturated rings. The van der Waals surface area contributed by atoms with Crippen molar-refractivity contribution < 1.29 is 14.5 Å². The number of carbonyl (C=O) groups excluding carboxylic acids is 1. The number of nitrogens with zero attached hydrogens (tertiary/aromatic N) is 2. The largest absolute Gasteiger partial charge is 0.464 e. The van der Waals surface area contributed by atoms with Gasteiger partial charge in [0, 0.05) is 12.6 Å². The van der Waals surface area contributed by atoms with Crippen molar-refractivity contribution in [2.24, 2.45) is 0 Å². The van der Waals surface area contributed by atoms with Crippen LogP contribution in [0.25, 0.3) is 0 Å². The summed E-state index contributed by atoms with van der Waals surface area (Å²) in [5, 5.41) is 13.6. The predicted molar refractivity (Wildman–Crippen MR) is 65.5 cm³/mol. The van der Waals surface area contributed by atoms with Crippen molar-refractivity contribution in [3.05, 3.63) is 40.6 Å². The molecule has 0 radical (unpaired) electrons. The Morgan fingerprint density at radius 2 is 2.39 bits per heavy atom. The molecule has 0 aliphatic heterocycles. The molecule has 0 unspecified atom stereocenters. The van der Waals surface area contributed by atoms with E-state index in [1.165, 1.54) is 19.2 Å². The molecule has 7 nitrogen and oxygen atoms in total. The molecular formula is C11H13N3O4. The van der Waals surface area contributed by atoms with Crippen molar-refractivity contribution in [1.82, 2.24) is 4.98 Å². The Labute approximate surface area is 104 Å².